The Morgan fingerprint density at radius 2 is 1.50 bits per heavy atom. The van der Waals surface area contributed by atoms with E-state index in [2.05, 4.69) is 10.6 Å². The second-order valence-electron chi connectivity index (χ2n) is 7.86. The van der Waals surface area contributed by atoms with Gasteiger partial charge in [-0.3, -0.25) is 14.4 Å². The summed E-state index contributed by atoms with van der Waals surface area (Å²) in [5.74, 6) is 0.256. The minimum Gasteiger partial charge on any atom is -0.497 e. The molecule has 2 N–H and O–H groups in total. The lowest BCUT2D eigenvalue weighted by atomic mass is 10.1. The van der Waals surface area contributed by atoms with E-state index in [0.29, 0.717) is 40.7 Å². The van der Waals surface area contributed by atoms with Gasteiger partial charge >= 0.3 is 0 Å². The Morgan fingerprint density at radius 3 is 2.18 bits per heavy atom. The van der Waals surface area contributed by atoms with Gasteiger partial charge in [0.15, 0.2) is 0 Å². The summed E-state index contributed by atoms with van der Waals surface area (Å²) in [5, 5.41) is 5.65. The normalized spacial score (nSPS) is 15.1. The van der Waals surface area contributed by atoms with E-state index in [4.69, 9.17) is 9.47 Å². The summed E-state index contributed by atoms with van der Waals surface area (Å²) in [4.78, 5) is 39.3. The monoisotopic (exact) mass is 459 g/mol. The lowest BCUT2D eigenvalue weighted by molar-refractivity contribution is -0.122. The van der Waals surface area contributed by atoms with Gasteiger partial charge in [-0.1, -0.05) is 6.07 Å². The average Bonchev–Trinajstić information content (AvgIpc) is 3.26. The molecule has 3 aromatic carbocycles. The fourth-order valence-electron chi connectivity index (χ4n) is 3.74. The van der Waals surface area contributed by atoms with Crippen LogP contribution in [0.25, 0.3) is 0 Å². The lowest BCUT2D eigenvalue weighted by Gasteiger charge is -2.17. The number of hydrogen-bond donors (Lipinski definition) is 2. The Hall–Kier alpha value is -4.33. The maximum absolute atomic E-state index is 12.8. The standard InChI is InChI=1S/C26H25N3O5/c1-33-22-12-10-20(11-13-22)27-25(31)17-6-8-19(9-7-17)28-26(32)18-14-24(30)29(16-18)21-4-3-5-23(15-21)34-2/h3-13,15,18H,14,16H2,1-2H3,(H,27,31)(H,28,32). The highest BCUT2D eigenvalue weighted by Crippen LogP contribution is 2.28. The second kappa shape index (κ2) is 10.1. The molecule has 1 unspecified atom stereocenters. The van der Waals surface area contributed by atoms with Gasteiger partial charge in [0, 0.05) is 41.7 Å². The van der Waals surface area contributed by atoms with Crippen LogP contribution in [0, 0.1) is 5.92 Å². The van der Waals surface area contributed by atoms with E-state index >= 15 is 0 Å². The molecule has 0 saturated carbocycles. The van der Waals surface area contributed by atoms with Crippen LogP contribution < -0.4 is 25.0 Å². The first kappa shape index (κ1) is 22.8. The fourth-order valence-corrected chi connectivity index (χ4v) is 3.74. The fraction of sp³-hybridized carbons (Fsp3) is 0.192. The Morgan fingerprint density at radius 1 is 0.853 bits per heavy atom. The molecule has 1 aliphatic heterocycles. The van der Waals surface area contributed by atoms with Gasteiger partial charge in [0.2, 0.25) is 11.8 Å². The molecule has 174 valence electrons. The minimum atomic E-state index is -0.475. The summed E-state index contributed by atoms with van der Waals surface area (Å²) >= 11 is 0. The zero-order valence-electron chi connectivity index (χ0n) is 18.9. The molecule has 3 aromatic rings. The van der Waals surface area contributed by atoms with Crippen LogP contribution in [-0.4, -0.2) is 38.5 Å². The van der Waals surface area contributed by atoms with Crippen molar-refractivity contribution in [3.05, 3.63) is 78.4 Å². The molecule has 0 spiro atoms. The molecule has 4 rings (SSSR count). The van der Waals surface area contributed by atoms with Crippen LogP contribution in [-0.2, 0) is 9.59 Å². The zero-order chi connectivity index (χ0) is 24.1. The molecular formula is C26H25N3O5. The van der Waals surface area contributed by atoms with Crippen molar-refractivity contribution in [2.45, 2.75) is 6.42 Å². The molecule has 0 bridgehead atoms. The molecular weight excluding hydrogens is 434 g/mol. The van der Waals surface area contributed by atoms with Crippen molar-refractivity contribution < 1.29 is 23.9 Å². The summed E-state index contributed by atoms with van der Waals surface area (Å²) in [6, 6.07) is 20.8. The van der Waals surface area contributed by atoms with Crippen LogP contribution in [0.3, 0.4) is 0 Å². The summed E-state index contributed by atoms with van der Waals surface area (Å²) in [5.41, 5.74) is 2.36. The molecule has 8 heteroatoms. The van der Waals surface area contributed by atoms with Crippen molar-refractivity contribution in [2.24, 2.45) is 5.92 Å². The molecule has 1 heterocycles. The third-order valence-corrected chi connectivity index (χ3v) is 5.62. The SMILES string of the molecule is COc1ccc(NC(=O)c2ccc(NC(=O)C3CC(=O)N(c4cccc(OC)c4)C3)cc2)cc1. The molecule has 1 aliphatic rings. The van der Waals surface area contributed by atoms with Gasteiger partial charge in [-0.15, -0.1) is 0 Å². The first-order valence-electron chi connectivity index (χ1n) is 10.8. The van der Waals surface area contributed by atoms with E-state index in [1.54, 1.807) is 85.8 Å². The number of carbonyl (C=O) groups is 3. The Kier molecular flexibility index (Phi) is 6.77. The van der Waals surface area contributed by atoms with Crippen LogP contribution in [0.5, 0.6) is 11.5 Å². The third kappa shape index (κ3) is 5.17. The van der Waals surface area contributed by atoms with Crippen molar-refractivity contribution >= 4 is 34.8 Å². The van der Waals surface area contributed by atoms with Gasteiger partial charge in [-0.25, -0.2) is 0 Å². The zero-order valence-corrected chi connectivity index (χ0v) is 18.9. The van der Waals surface area contributed by atoms with E-state index in [1.807, 2.05) is 6.07 Å². The maximum atomic E-state index is 12.8. The number of nitrogens with one attached hydrogen (secondary N) is 2. The molecule has 0 radical (unpaired) electrons. The van der Waals surface area contributed by atoms with Gasteiger partial charge in [0.1, 0.15) is 11.5 Å². The average molecular weight is 460 g/mol. The number of rotatable bonds is 7. The summed E-state index contributed by atoms with van der Waals surface area (Å²) in [7, 11) is 3.14. The van der Waals surface area contributed by atoms with E-state index in [-0.39, 0.29) is 24.1 Å². The van der Waals surface area contributed by atoms with Crippen molar-refractivity contribution in [1.29, 1.82) is 0 Å². The third-order valence-electron chi connectivity index (χ3n) is 5.62. The van der Waals surface area contributed by atoms with E-state index in [9.17, 15) is 14.4 Å². The van der Waals surface area contributed by atoms with Crippen LogP contribution in [0.4, 0.5) is 17.1 Å². The number of nitrogens with zero attached hydrogens (tertiary/aromatic N) is 1. The number of benzene rings is 3. The van der Waals surface area contributed by atoms with Gasteiger partial charge < -0.3 is 25.0 Å². The van der Waals surface area contributed by atoms with Gasteiger partial charge in [-0.2, -0.15) is 0 Å². The van der Waals surface area contributed by atoms with Crippen LogP contribution >= 0.6 is 0 Å². The van der Waals surface area contributed by atoms with E-state index < -0.39 is 5.92 Å². The van der Waals surface area contributed by atoms with Gasteiger partial charge in [0.05, 0.1) is 20.1 Å². The topological polar surface area (TPSA) is 97.0 Å². The number of methoxy groups -OCH3 is 2. The molecule has 0 aromatic heterocycles. The molecule has 8 nitrogen and oxygen atoms in total. The number of anilines is 3. The quantitative estimate of drug-likeness (QED) is 0.558. The van der Waals surface area contributed by atoms with E-state index in [0.717, 1.165) is 0 Å². The van der Waals surface area contributed by atoms with Crippen molar-refractivity contribution in [3.63, 3.8) is 0 Å². The Labute approximate surface area is 197 Å². The van der Waals surface area contributed by atoms with Crippen LogP contribution in [0.15, 0.2) is 72.8 Å². The number of ether oxygens (including phenoxy) is 2. The number of hydrogen-bond acceptors (Lipinski definition) is 5. The Balaban J connectivity index is 1.35. The molecule has 1 saturated heterocycles. The van der Waals surface area contributed by atoms with Crippen molar-refractivity contribution in [2.75, 3.05) is 36.3 Å². The first-order valence-corrected chi connectivity index (χ1v) is 10.8. The molecule has 34 heavy (non-hydrogen) atoms. The maximum Gasteiger partial charge on any atom is 0.255 e. The molecule has 1 fully saturated rings. The summed E-state index contributed by atoms with van der Waals surface area (Å²) in [6.07, 6.45) is 0.130. The molecule has 3 amide bonds. The smallest absolute Gasteiger partial charge is 0.255 e. The highest BCUT2D eigenvalue weighted by molar-refractivity contribution is 6.05. The highest BCUT2D eigenvalue weighted by Gasteiger charge is 2.35. The van der Waals surface area contributed by atoms with Crippen molar-refractivity contribution in [1.82, 2.24) is 0 Å². The number of carbonyl (C=O) groups excluding carboxylic acids is 3. The van der Waals surface area contributed by atoms with Crippen LogP contribution in [0.2, 0.25) is 0 Å². The van der Waals surface area contributed by atoms with Gasteiger partial charge in [-0.05, 0) is 60.7 Å². The van der Waals surface area contributed by atoms with E-state index in [1.165, 1.54) is 0 Å². The summed E-state index contributed by atoms with van der Waals surface area (Å²) < 4.78 is 10.3. The van der Waals surface area contributed by atoms with Crippen molar-refractivity contribution in [3.8, 4) is 11.5 Å². The first-order chi connectivity index (χ1) is 16.5. The predicted molar refractivity (Wildman–Crippen MR) is 129 cm³/mol. The Bertz CT molecular complexity index is 1190. The largest absolute Gasteiger partial charge is 0.497 e. The second-order valence-corrected chi connectivity index (χ2v) is 7.86. The number of amides is 3. The highest BCUT2D eigenvalue weighted by atomic mass is 16.5. The van der Waals surface area contributed by atoms with Gasteiger partial charge in [0.25, 0.3) is 5.91 Å². The molecule has 0 aliphatic carbocycles. The molecule has 1 atom stereocenters. The lowest BCUT2D eigenvalue weighted by Crippen LogP contribution is -2.28. The van der Waals surface area contributed by atoms with Crippen LogP contribution in [0.1, 0.15) is 16.8 Å². The summed E-state index contributed by atoms with van der Waals surface area (Å²) in [6.45, 7) is 0.292. The predicted octanol–water partition coefficient (Wildman–Crippen LogP) is 3.95. The minimum absolute atomic E-state index is 0.112.